The summed E-state index contributed by atoms with van der Waals surface area (Å²) in [6, 6.07) is 4.23. The van der Waals surface area contributed by atoms with Crippen molar-refractivity contribution in [2.75, 3.05) is 26.2 Å². The molecule has 0 radical (unpaired) electrons. The minimum absolute atomic E-state index is 0.0644. The van der Waals surface area contributed by atoms with Crippen molar-refractivity contribution in [2.24, 2.45) is 11.3 Å². The van der Waals surface area contributed by atoms with E-state index in [1.54, 1.807) is 11.3 Å². The van der Waals surface area contributed by atoms with Gasteiger partial charge in [-0.3, -0.25) is 4.79 Å². The molecule has 1 N–H and O–H groups in total. The first-order chi connectivity index (χ1) is 11.2. The van der Waals surface area contributed by atoms with Crippen LogP contribution in [0.25, 0.3) is 0 Å². The number of thiophene rings is 1. The van der Waals surface area contributed by atoms with E-state index >= 15 is 0 Å². The number of carbonyl (C=O) groups excluding carboxylic acids is 2. The second-order valence-corrected chi connectivity index (χ2v) is 8.10. The smallest absolute Gasteiger partial charge is 0.320 e. The molecule has 1 aliphatic carbocycles. The highest BCUT2D eigenvalue weighted by atomic mass is 32.1. The Morgan fingerprint density at radius 1 is 1.26 bits per heavy atom. The van der Waals surface area contributed by atoms with E-state index in [-0.39, 0.29) is 23.3 Å². The van der Waals surface area contributed by atoms with Crippen LogP contribution in [-0.4, -0.2) is 47.9 Å². The fourth-order valence-electron chi connectivity index (χ4n) is 4.05. The number of rotatable bonds is 3. The molecular weight excluding hydrogens is 310 g/mol. The van der Waals surface area contributed by atoms with Gasteiger partial charge in [0, 0.05) is 42.4 Å². The Morgan fingerprint density at radius 2 is 2.09 bits per heavy atom. The van der Waals surface area contributed by atoms with Gasteiger partial charge in [0.2, 0.25) is 5.91 Å². The summed E-state index contributed by atoms with van der Waals surface area (Å²) in [4.78, 5) is 30.0. The molecule has 6 heteroatoms. The Bertz CT molecular complexity index is 597. The van der Waals surface area contributed by atoms with Crippen LogP contribution in [0.3, 0.4) is 0 Å². The van der Waals surface area contributed by atoms with E-state index in [1.165, 1.54) is 4.88 Å². The molecule has 0 unspecified atom stereocenters. The van der Waals surface area contributed by atoms with Crippen molar-refractivity contribution in [3.8, 4) is 0 Å². The third-order valence-electron chi connectivity index (χ3n) is 5.56. The summed E-state index contributed by atoms with van der Waals surface area (Å²) >= 11 is 1.67. The predicted octanol–water partition coefficient (Wildman–Crippen LogP) is 2.29. The van der Waals surface area contributed by atoms with Gasteiger partial charge >= 0.3 is 6.03 Å². The van der Waals surface area contributed by atoms with Crippen molar-refractivity contribution in [2.45, 2.75) is 32.2 Å². The van der Waals surface area contributed by atoms with E-state index in [4.69, 9.17) is 0 Å². The summed E-state index contributed by atoms with van der Waals surface area (Å²) in [6.45, 7) is 3.99. The number of hydrogen-bond donors (Lipinski definition) is 1. The van der Waals surface area contributed by atoms with Crippen LogP contribution in [0.1, 0.15) is 30.6 Å². The minimum Gasteiger partial charge on any atom is -0.351 e. The standard InChI is InChI=1S/C17H23N3O2S/c21-15(18-11-13-4-3-9-23-13)14-10-17(14)5-8-20(12-17)16(22)19-6-1-2-7-19/h3-4,9,14H,1-2,5-8,10-12H2,(H,18,21)/t14-,17-/m0/s1. The average molecular weight is 333 g/mol. The number of likely N-dealkylation sites (tertiary alicyclic amines) is 2. The number of urea groups is 1. The highest BCUT2D eigenvalue weighted by Gasteiger charge is 2.61. The summed E-state index contributed by atoms with van der Waals surface area (Å²) in [7, 11) is 0. The normalized spacial score (nSPS) is 29.3. The molecule has 4 rings (SSSR count). The van der Waals surface area contributed by atoms with Crippen LogP contribution >= 0.6 is 11.3 Å². The fraction of sp³-hybridized carbons (Fsp3) is 0.647. The van der Waals surface area contributed by atoms with E-state index in [0.717, 1.165) is 51.9 Å². The zero-order valence-corrected chi connectivity index (χ0v) is 14.1. The van der Waals surface area contributed by atoms with Gasteiger partial charge < -0.3 is 15.1 Å². The van der Waals surface area contributed by atoms with Crippen LogP contribution in [0, 0.1) is 11.3 Å². The van der Waals surface area contributed by atoms with E-state index in [0.29, 0.717) is 6.54 Å². The lowest BCUT2D eigenvalue weighted by Crippen LogP contribution is -2.40. The van der Waals surface area contributed by atoms with E-state index in [1.807, 2.05) is 27.3 Å². The monoisotopic (exact) mass is 333 g/mol. The molecule has 1 spiro atoms. The lowest BCUT2D eigenvalue weighted by Gasteiger charge is -2.24. The first kappa shape index (κ1) is 15.0. The van der Waals surface area contributed by atoms with E-state index < -0.39 is 0 Å². The zero-order chi connectivity index (χ0) is 15.9. The molecule has 1 aromatic rings. The van der Waals surface area contributed by atoms with Crippen LogP contribution < -0.4 is 5.32 Å². The molecule has 5 nitrogen and oxygen atoms in total. The van der Waals surface area contributed by atoms with Crippen molar-refractivity contribution >= 4 is 23.3 Å². The van der Waals surface area contributed by atoms with Crippen LogP contribution in [0.4, 0.5) is 4.79 Å². The van der Waals surface area contributed by atoms with E-state index in [9.17, 15) is 9.59 Å². The number of hydrogen-bond acceptors (Lipinski definition) is 3. The Morgan fingerprint density at radius 3 is 2.83 bits per heavy atom. The van der Waals surface area contributed by atoms with Gasteiger partial charge in [-0.15, -0.1) is 11.3 Å². The molecule has 3 fully saturated rings. The molecule has 2 aliphatic heterocycles. The Hall–Kier alpha value is -1.56. The van der Waals surface area contributed by atoms with Gasteiger partial charge in [0.05, 0.1) is 6.54 Å². The quantitative estimate of drug-likeness (QED) is 0.923. The maximum atomic E-state index is 12.5. The van der Waals surface area contributed by atoms with Gasteiger partial charge in [0.15, 0.2) is 0 Å². The fourth-order valence-corrected chi connectivity index (χ4v) is 4.69. The average Bonchev–Trinajstić information content (AvgIpc) is 3.07. The lowest BCUT2D eigenvalue weighted by molar-refractivity contribution is -0.123. The van der Waals surface area contributed by atoms with Crippen LogP contribution in [-0.2, 0) is 11.3 Å². The highest BCUT2D eigenvalue weighted by molar-refractivity contribution is 7.09. The van der Waals surface area contributed by atoms with Crippen molar-refractivity contribution in [1.82, 2.24) is 15.1 Å². The molecule has 23 heavy (non-hydrogen) atoms. The van der Waals surface area contributed by atoms with Gasteiger partial charge in [-0.05, 0) is 37.1 Å². The first-order valence-corrected chi connectivity index (χ1v) is 9.40. The summed E-state index contributed by atoms with van der Waals surface area (Å²) in [5.74, 6) is 0.257. The third kappa shape index (κ3) is 2.84. The Balaban J connectivity index is 1.29. The van der Waals surface area contributed by atoms with E-state index in [2.05, 4.69) is 5.32 Å². The summed E-state index contributed by atoms with van der Waals surface area (Å²) in [5, 5.41) is 5.08. The number of amides is 3. The SMILES string of the molecule is O=C(NCc1cccs1)[C@@H]1C[C@]12CCN(C(=O)N1CCCC1)C2. The second kappa shape index (κ2) is 5.82. The summed E-state index contributed by atoms with van der Waals surface area (Å²) in [5.41, 5.74) is 0.0644. The van der Waals surface area contributed by atoms with Gasteiger partial charge in [-0.2, -0.15) is 0 Å². The van der Waals surface area contributed by atoms with Gasteiger partial charge in [-0.25, -0.2) is 4.79 Å². The zero-order valence-electron chi connectivity index (χ0n) is 13.3. The maximum Gasteiger partial charge on any atom is 0.320 e. The molecule has 3 aliphatic rings. The molecule has 124 valence electrons. The predicted molar refractivity (Wildman–Crippen MR) is 89.1 cm³/mol. The molecule has 1 aromatic heterocycles. The molecule has 0 bridgehead atoms. The molecule has 1 saturated carbocycles. The summed E-state index contributed by atoms with van der Waals surface area (Å²) < 4.78 is 0. The van der Waals surface area contributed by atoms with Crippen molar-refractivity contribution in [3.63, 3.8) is 0 Å². The minimum atomic E-state index is 0.0644. The number of carbonyl (C=O) groups is 2. The van der Waals surface area contributed by atoms with Crippen molar-refractivity contribution in [3.05, 3.63) is 22.4 Å². The molecule has 2 saturated heterocycles. The number of nitrogens with zero attached hydrogens (tertiary/aromatic N) is 2. The molecule has 0 aromatic carbocycles. The maximum absolute atomic E-state index is 12.5. The van der Waals surface area contributed by atoms with Gasteiger partial charge in [0.25, 0.3) is 0 Å². The van der Waals surface area contributed by atoms with Crippen LogP contribution in [0.5, 0.6) is 0 Å². The largest absolute Gasteiger partial charge is 0.351 e. The Labute approximate surface area is 140 Å². The highest BCUT2D eigenvalue weighted by Crippen LogP contribution is 2.58. The van der Waals surface area contributed by atoms with Crippen LogP contribution in [0.2, 0.25) is 0 Å². The lowest BCUT2D eigenvalue weighted by atomic mass is 10.0. The van der Waals surface area contributed by atoms with Gasteiger partial charge in [0.1, 0.15) is 0 Å². The molecular formula is C17H23N3O2S. The molecule has 3 amide bonds. The topological polar surface area (TPSA) is 52.7 Å². The van der Waals surface area contributed by atoms with Crippen molar-refractivity contribution < 1.29 is 9.59 Å². The third-order valence-corrected chi connectivity index (χ3v) is 6.43. The molecule has 2 atom stereocenters. The van der Waals surface area contributed by atoms with Crippen LogP contribution in [0.15, 0.2) is 17.5 Å². The van der Waals surface area contributed by atoms with Gasteiger partial charge in [-0.1, -0.05) is 6.07 Å². The summed E-state index contributed by atoms with van der Waals surface area (Å²) in [6.07, 6.45) is 4.16. The first-order valence-electron chi connectivity index (χ1n) is 8.52. The molecule has 3 heterocycles. The number of nitrogens with one attached hydrogen (secondary N) is 1. The van der Waals surface area contributed by atoms with Crippen molar-refractivity contribution in [1.29, 1.82) is 0 Å². The Kier molecular flexibility index (Phi) is 3.79. The second-order valence-electron chi connectivity index (χ2n) is 7.06.